The summed E-state index contributed by atoms with van der Waals surface area (Å²) >= 11 is 0. The van der Waals surface area contributed by atoms with Crippen LogP contribution >= 0.6 is 0 Å². The van der Waals surface area contributed by atoms with E-state index in [0.29, 0.717) is 49.9 Å². The number of likely N-dealkylation sites (N-methyl/N-ethyl adjacent to an activating group) is 2. The molecule has 1 aromatic heterocycles. The van der Waals surface area contributed by atoms with Gasteiger partial charge in [-0.05, 0) is 49.8 Å². The molecule has 2 fully saturated rings. The Morgan fingerprint density at radius 3 is 2.24 bits per heavy atom. The number of nitrogens with one attached hydrogen (secondary N) is 1. The van der Waals surface area contributed by atoms with E-state index >= 15 is 0 Å². The van der Waals surface area contributed by atoms with Crippen molar-refractivity contribution in [2.75, 3.05) is 53.6 Å². The van der Waals surface area contributed by atoms with Gasteiger partial charge < -0.3 is 20.2 Å². The number of aromatic hydroxyl groups is 1. The van der Waals surface area contributed by atoms with E-state index in [1.54, 1.807) is 13.0 Å². The highest BCUT2D eigenvalue weighted by Crippen LogP contribution is 2.50. The fourth-order valence-electron chi connectivity index (χ4n) is 7.02. The van der Waals surface area contributed by atoms with E-state index in [4.69, 9.17) is 0 Å². The van der Waals surface area contributed by atoms with Crippen LogP contribution in [0.3, 0.4) is 0 Å². The number of benzene rings is 1. The molecule has 4 heterocycles. The number of hydrogen-bond acceptors (Lipinski definition) is 9. The molecule has 1 aliphatic carbocycles. The molecule has 4 aliphatic rings. The summed E-state index contributed by atoms with van der Waals surface area (Å²) < 4.78 is 40.8. The molecule has 1 saturated heterocycles. The standard InChI is InChI=1S/C30H40FN7O7S/c1-19-16-20(6-7-21(19)31)17-32-24(40)22-23(39)25(41)38-18-29(36-12-14-37(15-13-36)46(5,44)45)8-10-30(11-9-29,28(38)33-22)35(4)27(43)26(42)34(2)3/h6-7,16,39H,8-15,17-18H2,1-5H3,(H,32,40). The molecule has 6 rings (SSSR count). The van der Waals surface area contributed by atoms with Crippen LogP contribution in [0.5, 0.6) is 5.75 Å². The lowest BCUT2D eigenvalue weighted by molar-refractivity contribution is -0.155. The molecule has 250 valence electrons. The van der Waals surface area contributed by atoms with Crippen molar-refractivity contribution < 1.29 is 32.3 Å². The maximum Gasteiger partial charge on any atom is 0.312 e. The molecule has 1 saturated carbocycles. The molecule has 16 heteroatoms. The number of fused-ring (bicyclic) bond motifs is 2. The van der Waals surface area contributed by atoms with Crippen LogP contribution in [-0.2, 0) is 38.2 Å². The quantitative estimate of drug-likeness (QED) is 0.405. The molecular weight excluding hydrogens is 621 g/mol. The molecule has 0 unspecified atom stereocenters. The molecule has 3 aliphatic heterocycles. The molecular formula is C30H40FN7O7S. The Hall–Kier alpha value is -3.89. The van der Waals surface area contributed by atoms with Crippen LogP contribution in [0.25, 0.3) is 0 Å². The highest BCUT2D eigenvalue weighted by molar-refractivity contribution is 7.88. The molecule has 2 N–H and O–H groups in total. The number of nitrogens with zero attached hydrogens (tertiary/aromatic N) is 6. The van der Waals surface area contributed by atoms with Crippen LogP contribution in [0.4, 0.5) is 4.39 Å². The Kier molecular flexibility index (Phi) is 8.76. The van der Waals surface area contributed by atoms with Gasteiger partial charge in [-0.2, -0.15) is 4.31 Å². The predicted molar refractivity (Wildman–Crippen MR) is 165 cm³/mol. The third-order valence-corrected chi connectivity index (χ3v) is 11.1. The highest BCUT2D eigenvalue weighted by Gasteiger charge is 2.56. The van der Waals surface area contributed by atoms with Gasteiger partial charge in [0, 0.05) is 66.0 Å². The summed E-state index contributed by atoms with van der Waals surface area (Å²) in [7, 11) is 1.02. The van der Waals surface area contributed by atoms with Crippen LogP contribution < -0.4 is 10.9 Å². The summed E-state index contributed by atoms with van der Waals surface area (Å²) in [4.78, 5) is 62.8. The minimum absolute atomic E-state index is 0.0249. The van der Waals surface area contributed by atoms with Gasteiger partial charge in [-0.3, -0.25) is 28.6 Å². The van der Waals surface area contributed by atoms with Crippen molar-refractivity contribution in [3.8, 4) is 5.75 Å². The van der Waals surface area contributed by atoms with Crippen LogP contribution in [0.15, 0.2) is 23.0 Å². The highest BCUT2D eigenvalue weighted by atomic mass is 32.2. The first-order chi connectivity index (χ1) is 21.5. The largest absolute Gasteiger partial charge is 0.501 e. The van der Waals surface area contributed by atoms with E-state index in [2.05, 4.69) is 15.2 Å². The first-order valence-electron chi connectivity index (χ1n) is 15.1. The Labute approximate surface area is 266 Å². The first-order valence-corrected chi connectivity index (χ1v) is 16.9. The van der Waals surface area contributed by atoms with E-state index < -0.39 is 61.6 Å². The monoisotopic (exact) mass is 661 g/mol. The summed E-state index contributed by atoms with van der Waals surface area (Å²) in [6.45, 7) is 3.04. The SMILES string of the molecule is Cc1cc(CNC(=O)c2nc3n(c(=O)c2O)CC2(N4CCN(S(C)(=O)=O)CC4)CCC3(N(C)C(=O)C(=O)N(C)C)CC2)ccc1F. The van der Waals surface area contributed by atoms with Crippen molar-refractivity contribution in [3.63, 3.8) is 0 Å². The van der Waals surface area contributed by atoms with Gasteiger partial charge >= 0.3 is 11.8 Å². The van der Waals surface area contributed by atoms with Crippen molar-refractivity contribution in [1.29, 1.82) is 0 Å². The Bertz CT molecular complexity index is 1740. The normalized spacial score (nSPS) is 23.3. The van der Waals surface area contributed by atoms with Crippen LogP contribution in [0, 0.1) is 12.7 Å². The smallest absolute Gasteiger partial charge is 0.312 e. The number of aromatic nitrogens is 2. The van der Waals surface area contributed by atoms with Gasteiger partial charge in [-0.25, -0.2) is 17.8 Å². The zero-order valence-corrected chi connectivity index (χ0v) is 27.5. The zero-order chi connectivity index (χ0) is 33.8. The number of carbonyl (C=O) groups excluding carboxylic acids is 3. The van der Waals surface area contributed by atoms with Crippen molar-refractivity contribution in [1.82, 2.24) is 33.9 Å². The molecule has 2 bridgehead atoms. The summed E-state index contributed by atoms with van der Waals surface area (Å²) in [5.41, 5.74) is -2.28. The van der Waals surface area contributed by atoms with E-state index in [-0.39, 0.29) is 32.0 Å². The third-order valence-electron chi connectivity index (χ3n) is 9.83. The van der Waals surface area contributed by atoms with E-state index in [0.717, 1.165) is 4.90 Å². The average molecular weight is 662 g/mol. The number of rotatable bonds is 6. The topological polar surface area (TPSA) is 165 Å². The number of sulfonamides is 1. The molecule has 0 atom stereocenters. The third kappa shape index (κ3) is 5.77. The van der Waals surface area contributed by atoms with Gasteiger partial charge in [0.2, 0.25) is 15.8 Å². The number of aryl methyl sites for hydroxylation is 1. The van der Waals surface area contributed by atoms with Gasteiger partial charge in [-0.15, -0.1) is 0 Å². The Morgan fingerprint density at radius 2 is 1.67 bits per heavy atom. The van der Waals surface area contributed by atoms with Gasteiger partial charge in [0.25, 0.3) is 11.5 Å². The lowest BCUT2D eigenvalue weighted by Crippen LogP contribution is -2.61. The summed E-state index contributed by atoms with van der Waals surface area (Å²) in [6.07, 6.45) is 2.73. The minimum atomic E-state index is -3.38. The second kappa shape index (κ2) is 12.0. The lowest BCUT2D eigenvalue weighted by Gasteiger charge is -2.52. The maximum atomic E-state index is 13.9. The van der Waals surface area contributed by atoms with E-state index in [9.17, 15) is 37.1 Å². The minimum Gasteiger partial charge on any atom is -0.501 e. The molecule has 14 nitrogen and oxygen atoms in total. The second-order valence-corrected chi connectivity index (χ2v) is 14.7. The number of amides is 3. The van der Waals surface area contributed by atoms with Crippen molar-refractivity contribution in [3.05, 3.63) is 57.0 Å². The second-order valence-electron chi connectivity index (χ2n) is 12.8. The summed E-state index contributed by atoms with van der Waals surface area (Å²) in [5.74, 6) is -3.57. The fraction of sp³-hybridized carbons (Fsp3) is 0.567. The maximum absolute atomic E-state index is 13.9. The van der Waals surface area contributed by atoms with Gasteiger partial charge in [0.15, 0.2) is 5.69 Å². The molecule has 46 heavy (non-hydrogen) atoms. The van der Waals surface area contributed by atoms with Crippen LogP contribution in [0.2, 0.25) is 0 Å². The zero-order valence-electron chi connectivity index (χ0n) is 26.7. The van der Waals surface area contributed by atoms with Crippen molar-refractivity contribution in [2.24, 2.45) is 0 Å². The Balaban J connectivity index is 1.56. The fourth-order valence-corrected chi connectivity index (χ4v) is 7.84. The Morgan fingerprint density at radius 1 is 1.04 bits per heavy atom. The molecule has 3 amide bonds. The number of piperazine rings is 1. The predicted octanol–water partition coefficient (Wildman–Crippen LogP) is -0.0281. The molecule has 0 spiro atoms. The summed E-state index contributed by atoms with van der Waals surface area (Å²) in [6, 6.07) is 4.35. The molecule has 2 aromatic rings. The van der Waals surface area contributed by atoms with Crippen molar-refractivity contribution >= 4 is 27.7 Å². The van der Waals surface area contributed by atoms with Crippen molar-refractivity contribution in [2.45, 2.75) is 56.8 Å². The first kappa shape index (κ1) is 33.5. The number of halogens is 1. The molecule has 1 aromatic carbocycles. The van der Waals surface area contributed by atoms with E-state index in [1.165, 1.54) is 53.3 Å². The summed E-state index contributed by atoms with van der Waals surface area (Å²) in [5, 5.41) is 13.7. The van der Waals surface area contributed by atoms with Crippen LogP contribution in [-0.4, -0.2) is 119 Å². The van der Waals surface area contributed by atoms with Gasteiger partial charge in [-0.1, -0.05) is 12.1 Å². The van der Waals surface area contributed by atoms with Gasteiger partial charge in [0.05, 0.1) is 6.26 Å². The number of carbonyl (C=O) groups is 3. The molecule has 0 radical (unpaired) electrons. The average Bonchev–Trinajstić information content (AvgIpc) is 3.26. The van der Waals surface area contributed by atoms with Gasteiger partial charge in [0.1, 0.15) is 17.2 Å². The van der Waals surface area contributed by atoms with E-state index in [1.807, 2.05) is 0 Å². The number of hydrogen-bond donors (Lipinski definition) is 2. The lowest BCUT2D eigenvalue weighted by atomic mass is 9.71. The van der Waals surface area contributed by atoms with Crippen LogP contribution in [0.1, 0.15) is 53.1 Å².